The first-order chi connectivity index (χ1) is 15.1. The summed E-state index contributed by atoms with van der Waals surface area (Å²) in [7, 11) is -3.56. The number of imide groups is 1. The lowest BCUT2D eigenvalue weighted by molar-refractivity contribution is -0.118. The molecule has 0 radical (unpaired) electrons. The summed E-state index contributed by atoms with van der Waals surface area (Å²) in [6.07, 6.45) is 3.97. The summed E-state index contributed by atoms with van der Waals surface area (Å²) in [5.74, 6) is 0.743. The second-order valence-electron chi connectivity index (χ2n) is 9.12. The summed E-state index contributed by atoms with van der Waals surface area (Å²) in [6.45, 7) is 4.57. The van der Waals surface area contributed by atoms with Gasteiger partial charge in [0.2, 0.25) is 5.91 Å². The molecule has 1 aliphatic carbocycles. The Morgan fingerprint density at radius 3 is 2.59 bits per heavy atom. The average Bonchev–Trinajstić information content (AvgIpc) is 3.51. The van der Waals surface area contributed by atoms with Crippen LogP contribution in [-0.4, -0.2) is 49.1 Å². The number of sulfone groups is 1. The molecule has 1 saturated heterocycles. The SMILES string of the molecule is CC(C)(CS(=O)(=O)c1cccc(OCC2CC2)c1)c1ccc(CN2CC(=O)NC2=O)nc1. The van der Waals surface area contributed by atoms with Gasteiger partial charge in [-0.25, -0.2) is 13.2 Å². The van der Waals surface area contributed by atoms with Crippen molar-refractivity contribution < 1.29 is 22.7 Å². The van der Waals surface area contributed by atoms with E-state index in [1.54, 1.807) is 36.5 Å². The van der Waals surface area contributed by atoms with E-state index in [0.29, 0.717) is 24.0 Å². The summed E-state index contributed by atoms with van der Waals surface area (Å²) >= 11 is 0. The molecular weight excluding hydrogens is 430 g/mol. The van der Waals surface area contributed by atoms with Crippen LogP contribution < -0.4 is 10.1 Å². The maximum Gasteiger partial charge on any atom is 0.324 e. The van der Waals surface area contributed by atoms with Gasteiger partial charge in [-0.3, -0.25) is 15.1 Å². The second-order valence-corrected chi connectivity index (χ2v) is 11.1. The third-order valence-corrected chi connectivity index (χ3v) is 7.80. The zero-order chi connectivity index (χ0) is 22.9. The first-order valence-electron chi connectivity index (χ1n) is 10.6. The summed E-state index contributed by atoms with van der Waals surface area (Å²) in [5, 5.41) is 2.23. The molecule has 3 amide bonds. The van der Waals surface area contributed by atoms with E-state index in [2.05, 4.69) is 10.3 Å². The number of hydrogen-bond acceptors (Lipinski definition) is 6. The highest BCUT2D eigenvalue weighted by Crippen LogP contribution is 2.31. The minimum absolute atomic E-state index is 0.00936. The van der Waals surface area contributed by atoms with Crippen LogP contribution in [0.1, 0.15) is 37.9 Å². The Kier molecular flexibility index (Phi) is 5.94. The fourth-order valence-corrected chi connectivity index (χ4v) is 5.49. The fourth-order valence-electron chi connectivity index (χ4n) is 3.62. The third kappa shape index (κ3) is 5.27. The average molecular weight is 458 g/mol. The van der Waals surface area contributed by atoms with Crippen molar-refractivity contribution in [3.05, 3.63) is 53.9 Å². The number of carbonyl (C=O) groups is 2. The van der Waals surface area contributed by atoms with Gasteiger partial charge in [0.05, 0.1) is 29.5 Å². The highest BCUT2D eigenvalue weighted by Gasteiger charge is 2.31. The monoisotopic (exact) mass is 457 g/mol. The van der Waals surface area contributed by atoms with Crippen LogP contribution >= 0.6 is 0 Å². The Labute approximate surface area is 187 Å². The van der Waals surface area contributed by atoms with E-state index in [0.717, 1.165) is 5.56 Å². The summed E-state index contributed by atoms with van der Waals surface area (Å²) in [5.41, 5.74) is 0.710. The molecule has 1 aliphatic heterocycles. The first-order valence-corrected chi connectivity index (χ1v) is 12.3. The molecule has 1 N–H and O–H groups in total. The first kappa shape index (κ1) is 22.3. The molecule has 0 spiro atoms. The molecule has 32 heavy (non-hydrogen) atoms. The van der Waals surface area contributed by atoms with Crippen LogP contribution in [0.2, 0.25) is 0 Å². The van der Waals surface area contributed by atoms with E-state index in [9.17, 15) is 18.0 Å². The zero-order valence-electron chi connectivity index (χ0n) is 18.2. The topological polar surface area (TPSA) is 106 Å². The van der Waals surface area contributed by atoms with Gasteiger partial charge in [0.25, 0.3) is 0 Å². The van der Waals surface area contributed by atoms with Crippen molar-refractivity contribution in [2.24, 2.45) is 5.92 Å². The van der Waals surface area contributed by atoms with Gasteiger partial charge in [-0.1, -0.05) is 26.0 Å². The van der Waals surface area contributed by atoms with Gasteiger partial charge < -0.3 is 9.64 Å². The van der Waals surface area contributed by atoms with Crippen molar-refractivity contribution >= 4 is 21.8 Å². The summed E-state index contributed by atoms with van der Waals surface area (Å²) in [6, 6.07) is 9.82. The minimum Gasteiger partial charge on any atom is -0.493 e. The Morgan fingerprint density at radius 1 is 1.19 bits per heavy atom. The lowest BCUT2D eigenvalue weighted by Gasteiger charge is -2.25. The number of urea groups is 1. The number of nitrogens with one attached hydrogen (secondary N) is 1. The van der Waals surface area contributed by atoms with E-state index in [1.165, 1.54) is 17.7 Å². The standard InChI is InChI=1S/C23H27N3O5S/c1-23(2,17-8-9-18(24-11-17)12-26-13-21(27)25-22(26)28)15-32(29,30)20-5-3-4-19(10-20)31-14-16-6-7-16/h3-5,8-11,16H,6-7,12-15H2,1-2H3,(H,25,27,28). The van der Waals surface area contributed by atoms with E-state index < -0.39 is 21.3 Å². The molecule has 2 aliphatic rings. The van der Waals surface area contributed by atoms with Crippen LogP contribution in [-0.2, 0) is 26.6 Å². The van der Waals surface area contributed by atoms with E-state index in [1.807, 2.05) is 19.9 Å². The van der Waals surface area contributed by atoms with Crippen molar-refractivity contribution in [3.8, 4) is 5.75 Å². The van der Waals surface area contributed by atoms with Crippen molar-refractivity contribution in [1.29, 1.82) is 0 Å². The molecule has 1 aromatic heterocycles. The number of amides is 3. The Morgan fingerprint density at radius 2 is 1.97 bits per heavy atom. The van der Waals surface area contributed by atoms with Crippen LogP contribution in [0.5, 0.6) is 5.75 Å². The zero-order valence-corrected chi connectivity index (χ0v) is 19.0. The van der Waals surface area contributed by atoms with Crippen molar-refractivity contribution in [1.82, 2.24) is 15.2 Å². The molecule has 170 valence electrons. The van der Waals surface area contributed by atoms with Gasteiger partial charge in [-0.05, 0) is 48.6 Å². The molecule has 0 unspecified atom stereocenters. The van der Waals surface area contributed by atoms with Crippen molar-refractivity contribution in [3.63, 3.8) is 0 Å². The fraction of sp³-hybridized carbons (Fsp3) is 0.435. The van der Waals surface area contributed by atoms with E-state index >= 15 is 0 Å². The molecule has 2 heterocycles. The number of pyridine rings is 1. The maximum absolute atomic E-state index is 13.1. The van der Waals surface area contributed by atoms with Crippen LogP contribution in [0.15, 0.2) is 47.5 Å². The lowest BCUT2D eigenvalue weighted by atomic mass is 9.88. The lowest BCUT2D eigenvalue weighted by Crippen LogP contribution is -2.29. The van der Waals surface area contributed by atoms with Crippen LogP contribution in [0.4, 0.5) is 4.79 Å². The second kappa shape index (κ2) is 8.54. The molecule has 2 aromatic rings. The van der Waals surface area contributed by atoms with Gasteiger partial charge in [0.15, 0.2) is 9.84 Å². The Bertz CT molecular complexity index is 1120. The maximum atomic E-state index is 13.1. The summed E-state index contributed by atoms with van der Waals surface area (Å²) in [4.78, 5) is 29.0. The number of hydrogen-bond donors (Lipinski definition) is 1. The number of carbonyl (C=O) groups excluding carboxylic acids is 2. The highest BCUT2D eigenvalue weighted by atomic mass is 32.2. The largest absolute Gasteiger partial charge is 0.493 e. The van der Waals surface area contributed by atoms with Crippen molar-refractivity contribution in [2.45, 2.75) is 43.5 Å². The molecule has 0 bridgehead atoms. The number of rotatable bonds is 9. The van der Waals surface area contributed by atoms with Gasteiger partial charge in [0.1, 0.15) is 12.3 Å². The minimum atomic E-state index is -3.56. The number of ether oxygens (including phenoxy) is 1. The number of nitrogens with zero attached hydrogens (tertiary/aromatic N) is 2. The summed E-state index contributed by atoms with van der Waals surface area (Å²) < 4.78 is 32.0. The molecule has 9 heteroatoms. The smallest absolute Gasteiger partial charge is 0.324 e. The number of aromatic nitrogens is 1. The van der Waals surface area contributed by atoms with E-state index in [4.69, 9.17) is 4.74 Å². The van der Waals surface area contributed by atoms with Gasteiger partial charge >= 0.3 is 6.03 Å². The van der Waals surface area contributed by atoms with Crippen molar-refractivity contribution in [2.75, 3.05) is 18.9 Å². The molecule has 0 atom stereocenters. The predicted octanol–water partition coefficient (Wildman–Crippen LogP) is 2.67. The van der Waals surface area contributed by atoms with Gasteiger partial charge in [-0.15, -0.1) is 0 Å². The molecule has 1 aromatic carbocycles. The Balaban J connectivity index is 1.44. The quantitative estimate of drug-likeness (QED) is 0.581. The van der Waals surface area contributed by atoms with Gasteiger partial charge in [-0.2, -0.15) is 0 Å². The van der Waals surface area contributed by atoms with E-state index in [-0.39, 0.29) is 29.6 Å². The number of benzene rings is 1. The Hall–Kier alpha value is -2.94. The van der Waals surface area contributed by atoms with Crippen LogP contribution in [0.3, 0.4) is 0 Å². The molecule has 2 fully saturated rings. The predicted molar refractivity (Wildman–Crippen MR) is 118 cm³/mol. The molecular formula is C23H27N3O5S. The molecule has 4 rings (SSSR count). The van der Waals surface area contributed by atoms with Gasteiger partial charge in [0, 0.05) is 11.6 Å². The van der Waals surface area contributed by atoms with Crippen LogP contribution in [0, 0.1) is 5.92 Å². The molecule has 1 saturated carbocycles. The normalized spacial score (nSPS) is 16.9. The van der Waals surface area contributed by atoms with Crippen LogP contribution in [0.25, 0.3) is 0 Å². The third-order valence-electron chi connectivity index (χ3n) is 5.73. The highest BCUT2D eigenvalue weighted by molar-refractivity contribution is 7.91. The molecule has 8 nitrogen and oxygen atoms in total.